The van der Waals surface area contributed by atoms with E-state index in [1.54, 1.807) is 0 Å². The summed E-state index contributed by atoms with van der Waals surface area (Å²) in [5.74, 6) is 0.944. The van der Waals surface area contributed by atoms with Gasteiger partial charge in [-0.15, -0.1) is 6.58 Å². The van der Waals surface area contributed by atoms with E-state index in [-0.39, 0.29) is 0 Å². The van der Waals surface area contributed by atoms with Crippen molar-refractivity contribution in [2.45, 2.75) is 32.6 Å². The Bertz CT molecular complexity index is 633. The Kier molecular flexibility index (Phi) is 6.66. The van der Waals surface area contributed by atoms with Gasteiger partial charge in [-0.2, -0.15) is 5.10 Å². The van der Waals surface area contributed by atoms with E-state index in [2.05, 4.69) is 35.8 Å². The number of hydrogen-bond acceptors (Lipinski definition) is 3. The van der Waals surface area contributed by atoms with E-state index >= 15 is 0 Å². The molecule has 126 valence electrons. The van der Waals surface area contributed by atoms with Gasteiger partial charge in [-0.05, 0) is 51.6 Å². The summed E-state index contributed by atoms with van der Waals surface area (Å²) in [7, 11) is 4.11. The van der Waals surface area contributed by atoms with Gasteiger partial charge >= 0.3 is 0 Å². The number of aryl methyl sites for hydroxylation is 2. The van der Waals surface area contributed by atoms with Crippen LogP contribution in [-0.2, 0) is 7.05 Å². The lowest BCUT2D eigenvalue weighted by Crippen LogP contribution is -2.19. The molecule has 2 aromatic rings. The van der Waals surface area contributed by atoms with Crippen molar-refractivity contribution in [2.75, 3.05) is 26.7 Å². The largest absolute Gasteiger partial charge is 0.494 e. The molecule has 0 saturated carbocycles. The second kappa shape index (κ2) is 8.73. The lowest BCUT2D eigenvalue weighted by atomic mass is 10.2. The molecule has 0 atom stereocenters. The van der Waals surface area contributed by atoms with Gasteiger partial charge < -0.3 is 9.64 Å². The average Bonchev–Trinajstić information content (AvgIpc) is 2.81. The summed E-state index contributed by atoms with van der Waals surface area (Å²) in [4.78, 5) is 2.30. The maximum absolute atomic E-state index is 5.88. The molecule has 2 rings (SSSR count). The van der Waals surface area contributed by atoms with Crippen LogP contribution in [0.1, 0.15) is 31.4 Å². The first kappa shape index (κ1) is 17.5. The van der Waals surface area contributed by atoms with Crippen molar-refractivity contribution in [3.8, 4) is 5.75 Å². The zero-order chi connectivity index (χ0) is 16.7. The molecular weight excluding hydrogens is 286 g/mol. The molecule has 0 amide bonds. The summed E-state index contributed by atoms with van der Waals surface area (Å²) in [5, 5.41) is 5.62. The fourth-order valence-corrected chi connectivity index (χ4v) is 2.85. The van der Waals surface area contributed by atoms with E-state index in [0.717, 1.165) is 43.1 Å². The van der Waals surface area contributed by atoms with Gasteiger partial charge in [0.25, 0.3) is 0 Å². The van der Waals surface area contributed by atoms with Crippen molar-refractivity contribution in [2.24, 2.45) is 7.05 Å². The number of ether oxygens (including phenoxy) is 1. The fourth-order valence-electron chi connectivity index (χ4n) is 2.85. The Morgan fingerprint density at radius 2 is 2.04 bits per heavy atom. The highest BCUT2D eigenvalue weighted by atomic mass is 16.5. The van der Waals surface area contributed by atoms with Crippen LogP contribution in [0.25, 0.3) is 10.9 Å². The predicted octanol–water partition coefficient (Wildman–Crippen LogP) is 3.94. The van der Waals surface area contributed by atoms with Crippen LogP contribution in [0.5, 0.6) is 5.75 Å². The van der Waals surface area contributed by atoms with Crippen LogP contribution in [0.3, 0.4) is 0 Å². The van der Waals surface area contributed by atoms with E-state index in [4.69, 9.17) is 4.74 Å². The monoisotopic (exact) mass is 315 g/mol. The number of nitrogens with zero attached hydrogens (tertiary/aromatic N) is 3. The Labute approximate surface area is 139 Å². The molecule has 1 aromatic carbocycles. The number of aromatic nitrogens is 2. The van der Waals surface area contributed by atoms with Crippen molar-refractivity contribution in [3.05, 3.63) is 36.5 Å². The Balaban J connectivity index is 1.67. The van der Waals surface area contributed by atoms with Gasteiger partial charge in [-0.3, -0.25) is 4.68 Å². The van der Waals surface area contributed by atoms with Crippen LogP contribution < -0.4 is 4.74 Å². The third-order valence-electron chi connectivity index (χ3n) is 4.15. The maximum atomic E-state index is 5.88. The molecule has 0 aliphatic carbocycles. The van der Waals surface area contributed by atoms with Gasteiger partial charge in [0.05, 0.1) is 17.8 Å². The van der Waals surface area contributed by atoms with Gasteiger partial charge in [0.1, 0.15) is 5.75 Å². The van der Waals surface area contributed by atoms with Gasteiger partial charge in [0, 0.05) is 19.0 Å². The molecule has 23 heavy (non-hydrogen) atoms. The molecular formula is C19H29N3O. The highest BCUT2D eigenvalue weighted by Crippen LogP contribution is 2.23. The number of rotatable bonds is 10. The van der Waals surface area contributed by atoms with Gasteiger partial charge in [0.15, 0.2) is 0 Å². The second-order valence-electron chi connectivity index (χ2n) is 6.20. The molecule has 0 aliphatic rings. The summed E-state index contributed by atoms with van der Waals surface area (Å²) < 4.78 is 7.80. The van der Waals surface area contributed by atoms with E-state index in [9.17, 15) is 0 Å². The van der Waals surface area contributed by atoms with Crippen molar-refractivity contribution >= 4 is 10.9 Å². The third kappa shape index (κ3) is 5.10. The third-order valence-corrected chi connectivity index (χ3v) is 4.15. The van der Waals surface area contributed by atoms with Crippen molar-refractivity contribution in [1.82, 2.24) is 14.7 Å². The number of hydrogen-bond donors (Lipinski definition) is 0. The number of fused-ring (bicyclic) bond motifs is 1. The minimum absolute atomic E-state index is 0.785. The molecule has 0 radical (unpaired) electrons. The topological polar surface area (TPSA) is 30.3 Å². The van der Waals surface area contributed by atoms with Crippen LogP contribution in [0.4, 0.5) is 0 Å². The molecule has 0 aliphatic heterocycles. The van der Waals surface area contributed by atoms with E-state index in [0.29, 0.717) is 0 Å². The molecule has 0 bridgehead atoms. The first-order chi connectivity index (χ1) is 11.1. The minimum Gasteiger partial charge on any atom is -0.494 e. The first-order valence-corrected chi connectivity index (χ1v) is 8.47. The maximum Gasteiger partial charge on any atom is 0.120 e. The normalized spacial score (nSPS) is 11.3. The molecule has 0 saturated heterocycles. The zero-order valence-corrected chi connectivity index (χ0v) is 14.7. The standard InChI is InChI=1S/C19H29N3O/c1-5-12-21(3)13-8-6-7-9-14-23-17-10-11-19-18(15-17)16(2)20-22(19)4/h5,10-11,15H,1,6-9,12-14H2,2-4H3. The van der Waals surface area contributed by atoms with Crippen molar-refractivity contribution in [1.29, 1.82) is 0 Å². The summed E-state index contributed by atoms with van der Waals surface area (Å²) >= 11 is 0. The smallest absolute Gasteiger partial charge is 0.120 e. The van der Waals surface area contributed by atoms with Gasteiger partial charge in [0.2, 0.25) is 0 Å². The Morgan fingerprint density at radius 1 is 1.26 bits per heavy atom. The highest BCUT2D eigenvalue weighted by molar-refractivity contribution is 5.83. The number of unbranched alkanes of at least 4 members (excludes halogenated alkanes) is 3. The molecule has 0 fully saturated rings. The highest BCUT2D eigenvalue weighted by Gasteiger charge is 2.06. The molecule has 4 heteroatoms. The van der Waals surface area contributed by atoms with Crippen molar-refractivity contribution in [3.63, 3.8) is 0 Å². The van der Waals surface area contributed by atoms with Gasteiger partial charge in [-0.1, -0.05) is 18.9 Å². The molecule has 0 unspecified atom stereocenters. The zero-order valence-electron chi connectivity index (χ0n) is 14.7. The molecule has 1 aromatic heterocycles. The fraction of sp³-hybridized carbons (Fsp3) is 0.526. The van der Waals surface area contributed by atoms with E-state index < -0.39 is 0 Å². The quantitative estimate of drug-likeness (QED) is 0.491. The Morgan fingerprint density at radius 3 is 2.83 bits per heavy atom. The number of likely N-dealkylation sites (N-methyl/N-ethyl adjacent to an activating group) is 1. The van der Waals surface area contributed by atoms with Gasteiger partial charge in [-0.25, -0.2) is 0 Å². The summed E-state index contributed by atoms with van der Waals surface area (Å²) in [5.41, 5.74) is 2.20. The second-order valence-corrected chi connectivity index (χ2v) is 6.20. The van der Waals surface area contributed by atoms with Crippen LogP contribution in [-0.4, -0.2) is 41.4 Å². The summed E-state index contributed by atoms with van der Waals surface area (Å²) in [6.45, 7) is 8.70. The van der Waals surface area contributed by atoms with Crippen molar-refractivity contribution < 1.29 is 4.74 Å². The lowest BCUT2D eigenvalue weighted by molar-refractivity contribution is 0.300. The lowest BCUT2D eigenvalue weighted by Gasteiger charge is -2.13. The molecule has 0 N–H and O–H groups in total. The number of benzene rings is 1. The average molecular weight is 315 g/mol. The molecule has 0 spiro atoms. The minimum atomic E-state index is 0.785. The predicted molar refractivity (Wildman–Crippen MR) is 97.1 cm³/mol. The molecule has 1 heterocycles. The summed E-state index contributed by atoms with van der Waals surface area (Å²) in [6.07, 6.45) is 6.77. The van der Waals surface area contributed by atoms with Crippen LogP contribution >= 0.6 is 0 Å². The SMILES string of the molecule is C=CCN(C)CCCCCCOc1ccc2c(c1)c(C)nn2C. The van der Waals surface area contributed by atoms with E-state index in [1.165, 1.54) is 24.6 Å². The van der Waals surface area contributed by atoms with E-state index in [1.807, 2.05) is 30.8 Å². The first-order valence-electron chi connectivity index (χ1n) is 8.47. The van der Waals surface area contributed by atoms with Crippen LogP contribution in [0.15, 0.2) is 30.9 Å². The molecule has 4 nitrogen and oxygen atoms in total. The Hall–Kier alpha value is -1.81. The van der Waals surface area contributed by atoms with Crippen LogP contribution in [0, 0.1) is 6.92 Å². The van der Waals surface area contributed by atoms with Crippen LogP contribution in [0.2, 0.25) is 0 Å². The summed E-state index contributed by atoms with van der Waals surface area (Å²) in [6, 6.07) is 6.22.